The van der Waals surface area contributed by atoms with Crippen LogP contribution in [0.2, 0.25) is 5.02 Å². The van der Waals surface area contributed by atoms with Crippen LogP contribution >= 0.6 is 11.6 Å². The molecule has 3 aliphatic heterocycles. The van der Waals surface area contributed by atoms with Gasteiger partial charge in [0.2, 0.25) is 11.8 Å². The smallest absolute Gasteiger partial charge is 0.329 e. The van der Waals surface area contributed by atoms with Crippen molar-refractivity contribution in [3.05, 3.63) is 100 Å². The van der Waals surface area contributed by atoms with Crippen molar-refractivity contribution in [2.75, 3.05) is 18.1 Å². The van der Waals surface area contributed by atoms with Crippen LogP contribution in [0.15, 0.2) is 73.1 Å². The molecule has 2 saturated heterocycles. The Hall–Kier alpha value is -6.15. The summed E-state index contributed by atoms with van der Waals surface area (Å²) < 4.78 is 5.80. The molecule has 1 unspecified atom stereocenters. The van der Waals surface area contributed by atoms with Gasteiger partial charge in [0, 0.05) is 34.0 Å². The molecular formula is C37H29ClN6O8. The molecule has 3 N–H and O–H groups in total. The third-order valence-corrected chi connectivity index (χ3v) is 10.4. The minimum atomic E-state index is -1.11. The third-order valence-electron chi connectivity index (χ3n) is 10.0. The quantitative estimate of drug-likeness (QED) is 0.139. The predicted molar refractivity (Wildman–Crippen MR) is 185 cm³/mol. The van der Waals surface area contributed by atoms with E-state index in [-0.39, 0.29) is 54.7 Å². The number of hydrogen-bond acceptors (Lipinski definition) is 9. The number of carbonyl (C=O) groups is 7. The molecule has 52 heavy (non-hydrogen) atoms. The van der Waals surface area contributed by atoms with Crippen molar-refractivity contribution in [3.8, 4) is 5.75 Å². The Morgan fingerprint density at radius 1 is 0.981 bits per heavy atom. The van der Waals surface area contributed by atoms with Gasteiger partial charge in [-0.25, -0.2) is 9.69 Å². The Kier molecular flexibility index (Phi) is 7.98. The summed E-state index contributed by atoms with van der Waals surface area (Å²) in [5, 5.41) is 9.51. The molecule has 1 spiro atoms. The Bertz CT molecular complexity index is 2270. The van der Waals surface area contributed by atoms with Crippen molar-refractivity contribution in [2.45, 2.75) is 43.2 Å². The minimum Gasteiger partial charge on any atom is -0.491 e. The van der Waals surface area contributed by atoms with E-state index >= 15 is 0 Å². The molecule has 4 heterocycles. The van der Waals surface area contributed by atoms with Gasteiger partial charge >= 0.3 is 6.03 Å². The van der Waals surface area contributed by atoms with E-state index in [2.05, 4.69) is 20.9 Å². The molecule has 1 atom stereocenters. The van der Waals surface area contributed by atoms with E-state index in [9.17, 15) is 33.6 Å². The number of benzene rings is 3. The number of anilines is 1. The van der Waals surface area contributed by atoms with Crippen LogP contribution < -0.4 is 25.6 Å². The molecule has 262 valence electrons. The van der Waals surface area contributed by atoms with Gasteiger partial charge in [0.25, 0.3) is 23.6 Å². The van der Waals surface area contributed by atoms with Gasteiger partial charge in [0.15, 0.2) is 0 Å². The molecule has 14 nitrogen and oxygen atoms in total. The van der Waals surface area contributed by atoms with E-state index in [4.69, 9.17) is 16.3 Å². The summed E-state index contributed by atoms with van der Waals surface area (Å²) in [6, 6.07) is 15.2. The van der Waals surface area contributed by atoms with E-state index in [0.29, 0.717) is 39.9 Å². The lowest BCUT2D eigenvalue weighted by Gasteiger charge is -2.43. The van der Waals surface area contributed by atoms with E-state index in [0.717, 1.165) is 15.4 Å². The zero-order chi connectivity index (χ0) is 36.3. The number of ether oxygens (including phenoxy) is 1. The number of amides is 8. The average Bonchev–Trinajstić information content (AvgIpc) is 3.53. The highest BCUT2D eigenvalue weighted by atomic mass is 35.5. The van der Waals surface area contributed by atoms with Crippen LogP contribution in [-0.4, -0.2) is 76.1 Å². The summed E-state index contributed by atoms with van der Waals surface area (Å²) in [6.45, 7) is -0.00975. The van der Waals surface area contributed by atoms with E-state index in [1.54, 1.807) is 30.3 Å². The second-order valence-corrected chi connectivity index (χ2v) is 13.5. The van der Waals surface area contributed by atoms with Crippen LogP contribution in [0.25, 0.3) is 10.8 Å². The number of carbonyl (C=O) groups excluding carboxylic acids is 7. The number of nitrogens with one attached hydrogen (secondary N) is 3. The summed E-state index contributed by atoms with van der Waals surface area (Å²) in [4.78, 5) is 96.6. The monoisotopic (exact) mass is 720 g/mol. The van der Waals surface area contributed by atoms with Crippen molar-refractivity contribution in [2.24, 2.45) is 0 Å². The van der Waals surface area contributed by atoms with E-state index < -0.39 is 47.1 Å². The maximum Gasteiger partial charge on any atom is 0.329 e. The Labute approximate surface area is 300 Å². The molecule has 0 radical (unpaired) electrons. The summed E-state index contributed by atoms with van der Waals surface area (Å²) in [5.74, 6) is -3.17. The number of nitrogens with zero attached hydrogens (tertiary/aromatic N) is 3. The molecule has 8 rings (SSSR count). The fourth-order valence-corrected chi connectivity index (χ4v) is 7.73. The van der Waals surface area contributed by atoms with Gasteiger partial charge in [0.1, 0.15) is 23.9 Å². The lowest BCUT2D eigenvalue weighted by molar-refractivity contribution is -0.136. The number of aromatic nitrogens is 1. The van der Waals surface area contributed by atoms with Crippen molar-refractivity contribution < 1.29 is 38.3 Å². The summed E-state index contributed by atoms with van der Waals surface area (Å²) in [6.07, 6.45) is 3.86. The van der Waals surface area contributed by atoms with Crippen LogP contribution in [0.4, 0.5) is 10.5 Å². The lowest BCUT2D eigenvalue weighted by atomic mass is 9.65. The molecular weight excluding hydrogens is 692 g/mol. The van der Waals surface area contributed by atoms with Crippen LogP contribution in [0.5, 0.6) is 5.75 Å². The highest BCUT2D eigenvalue weighted by Crippen LogP contribution is 2.50. The van der Waals surface area contributed by atoms with Crippen molar-refractivity contribution >= 4 is 69.5 Å². The van der Waals surface area contributed by atoms with Gasteiger partial charge in [-0.2, -0.15) is 0 Å². The van der Waals surface area contributed by atoms with Crippen molar-refractivity contribution in [1.29, 1.82) is 0 Å². The fourth-order valence-electron chi connectivity index (χ4n) is 7.44. The van der Waals surface area contributed by atoms with Crippen molar-refractivity contribution in [1.82, 2.24) is 25.8 Å². The van der Waals surface area contributed by atoms with Gasteiger partial charge in [-0.3, -0.25) is 44.0 Å². The molecule has 1 aromatic heterocycles. The number of pyridine rings is 1. The molecule has 4 aromatic rings. The Morgan fingerprint density at radius 3 is 2.58 bits per heavy atom. The predicted octanol–water partition coefficient (Wildman–Crippen LogP) is 3.47. The Balaban J connectivity index is 0.912. The van der Waals surface area contributed by atoms with Crippen molar-refractivity contribution in [3.63, 3.8) is 0 Å². The van der Waals surface area contributed by atoms with Crippen LogP contribution in [0.3, 0.4) is 0 Å². The highest BCUT2D eigenvalue weighted by Gasteiger charge is 2.59. The minimum absolute atomic E-state index is 0.00392. The van der Waals surface area contributed by atoms with Gasteiger partial charge in [-0.05, 0) is 61.1 Å². The molecule has 4 aliphatic rings. The van der Waals surface area contributed by atoms with E-state index in [1.807, 2.05) is 18.2 Å². The Morgan fingerprint density at radius 2 is 1.79 bits per heavy atom. The normalized spacial score (nSPS) is 22.4. The number of hydrogen-bond donors (Lipinski definition) is 3. The summed E-state index contributed by atoms with van der Waals surface area (Å²) in [5.41, 5.74) is 0.599. The zero-order valence-electron chi connectivity index (χ0n) is 27.3. The van der Waals surface area contributed by atoms with Crippen LogP contribution in [0.1, 0.15) is 68.2 Å². The molecule has 8 amide bonds. The maximum atomic E-state index is 13.7. The van der Waals surface area contributed by atoms with Crippen LogP contribution in [-0.2, 0) is 14.4 Å². The number of urea groups is 1. The zero-order valence-corrected chi connectivity index (χ0v) is 28.1. The molecule has 15 heteroatoms. The topological polar surface area (TPSA) is 184 Å². The first-order valence-electron chi connectivity index (χ1n) is 16.6. The SMILES string of the molecule is O=C1CCC(N2C(=O)c3cccc(OCCNC(=O)c4ccc5c(N6C(=O)NC7(CC(c8ccccc8Cl)C7)C6=O)cncc5c4)c3C2=O)C(=O)N1. The highest BCUT2D eigenvalue weighted by molar-refractivity contribution is 6.31. The standard InChI is InChI=1S/C37H29ClN6O8/c38-25-6-2-1-4-22(25)21-15-37(16-21)35(50)44(36(51)42-37)27-18-39-17-20-14-19(8-9-23(20)27)31(46)40-12-13-52-28-7-3-5-24-30(28)34(49)43(33(24)48)26-10-11-29(45)41-32(26)47/h1-9,14,17-18,21,26H,10-13,15-16H2,(H,40,46)(H,42,51)(H,41,45,47). The lowest BCUT2D eigenvalue weighted by Crippen LogP contribution is -2.56. The fraction of sp³-hybridized carbons (Fsp3) is 0.243. The molecule has 1 saturated carbocycles. The second kappa shape index (κ2) is 12.6. The van der Waals surface area contributed by atoms with E-state index in [1.165, 1.54) is 24.5 Å². The van der Waals surface area contributed by atoms with Gasteiger partial charge < -0.3 is 15.4 Å². The second-order valence-electron chi connectivity index (χ2n) is 13.1. The van der Waals surface area contributed by atoms with Gasteiger partial charge in [-0.1, -0.05) is 41.9 Å². The number of rotatable bonds is 8. The van der Waals surface area contributed by atoms with Gasteiger partial charge in [0.05, 0.1) is 29.6 Å². The average molecular weight is 721 g/mol. The number of imide groups is 3. The number of piperidine rings is 1. The first-order valence-corrected chi connectivity index (χ1v) is 17.0. The largest absolute Gasteiger partial charge is 0.491 e. The third kappa shape index (κ3) is 5.33. The molecule has 3 fully saturated rings. The maximum absolute atomic E-state index is 13.7. The first-order chi connectivity index (χ1) is 25.1. The first kappa shape index (κ1) is 33.0. The van der Waals surface area contributed by atoms with Crippen LogP contribution in [0, 0.1) is 0 Å². The molecule has 3 aromatic carbocycles. The van der Waals surface area contributed by atoms with Gasteiger partial charge in [-0.15, -0.1) is 0 Å². The summed E-state index contributed by atoms with van der Waals surface area (Å²) >= 11 is 6.37. The number of halogens is 1. The molecule has 0 bridgehead atoms. The molecule has 1 aliphatic carbocycles. The number of fused-ring (bicyclic) bond motifs is 2. The summed E-state index contributed by atoms with van der Waals surface area (Å²) in [7, 11) is 0.